The second-order valence-corrected chi connectivity index (χ2v) is 7.82. The quantitative estimate of drug-likeness (QED) is 0.895. The number of hydrogen-bond donors (Lipinski definition) is 1. The lowest BCUT2D eigenvalue weighted by atomic mass is 10.0. The van der Waals surface area contributed by atoms with Crippen molar-refractivity contribution in [2.24, 2.45) is 5.92 Å². The van der Waals surface area contributed by atoms with E-state index in [9.17, 15) is 4.79 Å². The molecular formula is C20H24N2O2S. The summed E-state index contributed by atoms with van der Waals surface area (Å²) in [5.41, 5.74) is 2.71. The highest BCUT2D eigenvalue weighted by Gasteiger charge is 2.28. The zero-order chi connectivity index (χ0) is 17.1. The normalized spacial score (nSPS) is 21.7. The standard InChI is InChI=1S/C20H24N2O2S/c23-20(17-7-10-24-14-17)21-12-18(15-4-2-1-3-5-15)22-9-6-19-16(13-22)8-11-25-19/h1-5,8,11,17-18H,6-7,9-10,12-14H2,(H,21,23). The number of rotatable bonds is 5. The van der Waals surface area contributed by atoms with Crippen LogP contribution in [0.15, 0.2) is 41.8 Å². The van der Waals surface area contributed by atoms with Crippen molar-refractivity contribution in [3.63, 3.8) is 0 Å². The van der Waals surface area contributed by atoms with Gasteiger partial charge in [0.05, 0.1) is 18.6 Å². The Bertz CT molecular complexity index is 709. The summed E-state index contributed by atoms with van der Waals surface area (Å²) in [5, 5.41) is 5.37. The van der Waals surface area contributed by atoms with Gasteiger partial charge in [0, 0.05) is 31.1 Å². The molecule has 3 heterocycles. The maximum atomic E-state index is 12.4. The van der Waals surface area contributed by atoms with Gasteiger partial charge < -0.3 is 10.1 Å². The molecule has 1 saturated heterocycles. The maximum Gasteiger partial charge on any atom is 0.225 e. The summed E-state index contributed by atoms with van der Waals surface area (Å²) >= 11 is 1.86. The number of hydrogen-bond acceptors (Lipinski definition) is 4. The Morgan fingerprint density at radius 3 is 3.00 bits per heavy atom. The molecule has 1 aromatic heterocycles. The van der Waals surface area contributed by atoms with Gasteiger partial charge in [-0.25, -0.2) is 0 Å². The first-order valence-corrected chi connectivity index (χ1v) is 9.89. The van der Waals surface area contributed by atoms with Gasteiger partial charge in [-0.2, -0.15) is 0 Å². The minimum absolute atomic E-state index is 0.0151. The van der Waals surface area contributed by atoms with Gasteiger partial charge in [0.25, 0.3) is 0 Å². The van der Waals surface area contributed by atoms with Crippen molar-refractivity contribution in [2.75, 3.05) is 26.3 Å². The fourth-order valence-electron chi connectivity index (χ4n) is 3.75. The third-order valence-corrected chi connectivity index (χ3v) is 6.26. The highest BCUT2D eigenvalue weighted by atomic mass is 32.1. The monoisotopic (exact) mass is 356 g/mol. The van der Waals surface area contributed by atoms with Gasteiger partial charge in [-0.3, -0.25) is 9.69 Å². The highest BCUT2D eigenvalue weighted by molar-refractivity contribution is 7.10. The number of nitrogens with zero attached hydrogens (tertiary/aromatic N) is 1. The predicted molar refractivity (Wildman–Crippen MR) is 99.6 cm³/mol. The summed E-state index contributed by atoms with van der Waals surface area (Å²) in [6.45, 7) is 3.91. The first-order chi connectivity index (χ1) is 12.3. The van der Waals surface area contributed by atoms with E-state index in [2.05, 4.69) is 45.9 Å². The van der Waals surface area contributed by atoms with Gasteiger partial charge >= 0.3 is 0 Å². The summed E-state index contributed by atoms with van der Waals surface area (Å²) < 4.78 is 5.35. The lowest BCUT2D eigenvalue weighted by molar-refractivity contribution is -0.125. The second kappa shape index (κ2) is 7.68. The SMILES string of the molecule is O=C(NCC(c1ccccc1)N1CCc2sccc2C1)C1CCOC1. The summed E-state index contributed by atoms with van der Waals surface area (Å²) in [7, 11) is 0. The zero-order valence-corrected chi connectivity index (χ0v) is 15.1. The van der Waals surface area contributed by atoms with E-state index in [1.807, 2.05) is 17.4 Å². The van der Waals surface area contributed by atoms with E-state index in [-0.39, 0.29) is 17.9 Å². The summed E-state index contributed by atoms with van der Waals surface area (Å²) in [4.78, 5) is 16.4. The molecule has 2 atom stereocenters. The first-order valence-electron chi connectivity index (χ1n) is 9.01. The van der Waals surface area contributed by atoms with Crippen molar-refractivity contribution in [3.8, 4) is 0 Å². The number of amides is 1. The van der Waals surface area contributed by atoms with Gasteiger partial charge in [-0.15, -0.1) is 11.3 Å². The van der Waals surface area contributed by atoms with Gasteiger partial charge in [0.15, 0.2) is 0 Å². The minimum Gasteiger partial charge on any atom is -0.381 e. The van der Waals surface area contributed by atoms with E-state index in [1.165, 1.54) is 16.0 Å². The van der Waals surface area contributed by atoms with Crippen molar-refractivity contribution in [3.05, 3.63) is 57.8 Å². The number of fused-ring (bicyclic) bond motifs is 1. The molecule has 0 spiro atoms. The Morgan fingerprint density at radius 1 is 1.32 bits per heavy atom. The van der Waals surface area contributed by atoms with Crippen LogP contribution >= 0.6 is 11.3 Å². The van der Waals surface area contributed by atoms with Crippen molar-refractivity contribution < 1.29 is 9.53 Å². The van der Waals surface area contributed by atoms with E-state index < -0.39 is 0 Å². The van der Waals surface area contributed by atoms with Crippen LogP contribution in [0, 0.1) is 5.92 Å². The Kier molecular flexibility index (Phi) is 5.15. The average molecular weight is 356 g/mol. The van der Waals surface area contributed by atoms with E-state index in [1.54, 1.807) is 0 Å². The van der Waals surface area contributed by atoms with Crippen LogP contribution in [0.2, 0.25) is 0 Å². The molecule has 4 rings (SSSR count). The van der Waals surface area contributed by atoms with Gasteiger partial charge in [-0.1, -0.05) is 30.3 Å². The highest BCUT2D eigenvalue weighted by Crippen LogP contribution is 2.30. The Hall–Kier alpha value is -1.69. The number of thiophene rings is 1. The first kappa shape index (κ1) is 16.8. The van der Waals surface area contributed by atoms with Crippen molar-refractivity contribution in [1.29, 1.82) is 0 Å². The molecule has 2 aromatic rings. The fraction of sp³-hybridized carbons (Fsp3) is 0.450. The summed E-state index contributed by atoms with van der Waals surface area (Å²) in [6, 6.07) is 13.0. The van der Waals surface area contributed by atoms with Crippen LogP contribution in [-0.2, 0) is 22.5 Å². The molecule has 25 heavy (non-hydrogen) atoms. The van der Waals surface area contributed by atoms with Gasteiger partial charge in [0.2, 0.25) is 5.91 Å². The molecule has 0 bridgehead atoms. The summed E-state index contributed by atoms with van der Waals surface area (Å²) in [6.07, 6.45) is 1.94. The largest absolute Gasteiger partial charge is 0.381 e. The van der Waals surface area contributed by atoms with Crippen LogP contribution in [0.5, 0.6) is 0 Å². The third-order valence-electron chi connectivity index (χ3n) is 5.23. The van der Waals surface area contributed by atoms with Crippen LogP contribution in [0.3, 0.4) is 0 Å². The van der Waals surface area contributed by atoms with Gasteiger partial charge in [0.1, 0.15) is 0 Å². The number of nitrogens with one attached hydrogen (secondary N) is 1. The average Bonchev–Trinajstić information content (AvgIpc) is 3.34. The molecule has 0 aliphatic carbocycles. The van der Waals surface area contributed by atoms with Crippen molar-refractivity contribution in [2.45, 2.75) is 25.4 Å². The lowest BCUT2D eigenvalue weighted by Gasteiger charge is -2.35. The van der Waals surface area contributed by atoms with Crippen LogP contribution in [-0.4, -0.2) is 37.1 Å². The molecule has 132 valence electrons. The van der Waals surface area contributed by atoms with Gasteiger partial charge in [-0.05, 0) is 35.4 Å². The topological polar surface area (TPSA) is 41.6 Å². The second-order valence-electron chi connectivity index (χ2n) is 6.82. The Morgan fingerprint density at radius 2 is 2.20 bits per heavy atom. The molecule has 2 unspecified atom stereocenters. The Labute approximate surface area is 152 Å². The maximum absolute atomic E-state index is 12.4. The molecule has 1 amide bonds. The number of carbonyl (C=O) groups excluding carboxylic acids is 1. The predicted octanol–water partition coefficient (Wildman–Crippen LogP) is 3.00. The summed E-state index contributed by atoms with van der Waals surface area (Å²) in [5.74, 6) is 0.146. The zero-order valence-electron chi connectivity index (χ0n) is 14.3. The molecule has 1 aromatic carbocycles. The molecule has 0 radical (unpaired) electrons. The molecule has 1 fully saturated rings. The Balaban J connectivity index is 1.48. The van der Waals surface area contributed by atoms with Crippen LogP contribution < -0.4 is 5.32 Å². The van der Waals surface area contributed by atoms with E-state index in [4.69, 9.17) is 4.74 Å². The molecule has 2 aliphatic heterocycles. The van der Waals surface area contributed by atoms with E-state index in [0.29, 0.717) is 19.8 Å². The smallest absolute Gasteiger partial charge is 0.225 e. The lowest BCUT2D eigenvalue weighted by Crippen LogP contribution is -2.42. The molecule has 5 heteroatoms. The number of ether oxygens (including phenoxy) is 1. The number of benzene rings is 1. The van der Waals surface area contributed by atoms with E-state index >= 15 is 0 Å². The molecule has 1 N–H and O–H groups in total. The minimum atomic E-state index is 0.0151. The van der Waals surface area contributed by atoms with Crippen LogP contribution in [0.25, 0.3) is 0 Å². The van der Waals surface area contributed by atoms with Crippen LogP contribution in [0.1, 0.15) is 28.5 Å². The molecule has 4 nitrogen and oxygen atoms in total. The third kappa shape index (κ3) is 3.78. The molecule has 0 saturated carbocycles. The fourth-order valence-corrected chi connectivity index (χ4v) is 4.64. The molecule has 2 aliphatic rings. The van der Waals surface area contributed by atoms with Crippen LogP contribution in [0.4, 0.5) is 0 Å². The van der Waals surface area contributed by atoms with E-state index in [0.717, 1.165) is 25.9 Å². The van der Waals surface area contributed by atoms with Crippen molar-refractivity contribution >= 4 is 17.2 Å². The molecular weight excluding hydrogens is 332 g/mol. The van der Waals surface area contributed by atoms with Crippen molar-refractivity contribution in [1.82, 2.24) is 10.2 Å². The number of carbonyl (C=O) groups is 1.